The Balaban J connectivity index is 4.80. The van der Waals surface area contributed by atoms with Crippen LogP contribution >= 0.6 is 0 Å². The van der Waals surface area contributed by atoms with Crippen LogP contribution in [-0.4, -0.2) is 10.7 Å². The second-order valence-electron chi connectivity index (χ2n) is 6.86. The predicted molar refractivity (Wildman–Crippen MR) is 67.9 cm³/mol. The van der Waals surface area contributed by atoms with Crippen molar-refractivity contribution in [2.45, 2.75) is 67.4 Å². The molecule has 0 spiro atoms. The first-order valence-corrected chi connectivity index (χ1v) is 6.24. The van der Waals surface area contributed by atoms with E-state index < -0.39 is 5.60 Å². The molecule has 1 nitrogen and oxygen atoms in total. The van der Waals surface area contributed by atoms with Crippen LogP contribution in [0.3, 0.4) is 0 Å². The first-order valence-electron chi connectivity index (χ1n) is 6.24. The molecule has 1 atom stereocenters. The van der Waals surface area contributed by atoms with Gasteiger partial charge in [0, 0.05) is 0 Å². The Labute approximate surface area is 96.3 Å². The molecule has 0 aliphatic rings. The molecule has 15 heavy (non-hydrogen) atoms. The molecular weight excluding hydrogens is 184 g/mol. The largest absolute Gasteiger partial charge is 0.389 e. The van der Waals surface area contributed by atoms with Crippen LogP contribution in [0.1, 0.15) is 61.8 Å². The minimum absolute atomic E-state index is 0.289. The van der Waals surface area contributed by atoms with Crippen molar-refractivity contribution in [2.24, 2.45) is 23.2 Å². The van der Waals surface area contributed by atoms with Crippen molar-refractivity contribution in [2.75, 3.05) is 0 Å². The molecule has 0 fully saturated rings. The van der Waals surface area contributed by atoms with Crippen LogP contribution in [0.15, 0.2) is 0 Å². The molecule has 0 saturated carbocycles. The van der Waals surface area contributed by atoms with Crippen LogP contribution in [0.2, 0.25) is 0 Å². The van der Waals surface area contributed by atoms with Crippen molar-refractivity contribution in [1.29, 1.82) is 0 Å². The number of hydrogen-bond acceptors (Lipinski definition) is 1. The van der Waals surface area contributed by atoms with Crippen LogP contribution in [-0.2, 0) is 0 Å². The summed E-state index contributed by atoms with van der Waals surface area (Å²) in [5.41, 5.74) is -0.246. The summed E-state index contributed by atoms with van der Waals surface area (Å²) >= 11 is 0. The molecule has 0 bridgehead atoms. The highest BCUT2D eigenvalue weighted by atomic mass is 16.3. The third-order valence-electron chi connectivity index (χ3n) is 3.56. The highest BCUT2D eigenvalue weighted by molar-refractivity contribution is 4.91. The lowest BCUT2D eigenvalue weighted by Crippen LogP contribution is -2.47. The zero-order valence-corrected chi connectivity index (χ0v) is 11.9. The highest BCUT2D eigenvalue weighted by Crippen LogP contribution is 2.39. The summed E-state index contributed by atoms with van der Waals surface area (Å²) in [4.78, 5) is 0. The molecule has 0 amide bonds. The Morgan fingerprint density at radius 2 is 1.20 bits per heavy atom. The molecule has 1 N–H and O–H groups in total. The van der Waals surface area contributed by atoms with E-state index in [1.807, 2.05) is 0 Å². The van der Waals surface area contributed by atoms with E-state index in [2.05, 4.69) is 55.4 Å². The van der Waals surface area contributed by atoms with E-state index in [0.29, 0.717) is 17.8 Å². The molecule has 92 valence electrons. The molecule has 0 heterocycles. The van der Waals surface area contributed by atoms with E-state index in [9.17, 15) is 5.11 Å². The summed E-state index contributed by atoms with van der Waals surface area (Å²) in [6.07, 6.45) is 1.07. The quantitative estimate of drug-likeness (QED) is 0.747. The van der Waals surface area contributed by atoms with Gasteiger partial charge in [0.05, 0.1) is 5.60 Å². The maximum Gasteiger partial charge on any atom is 0.0718 e. The van der Waals surface area contributed by atoms with Gasteiger partial charge in [0.2, 0.25) is 0 Å². The summed E-state index contributed by atoms with van der Waals surface area (Å²) in [6, 6.07) is 0. The fraction of sp³-hybridized carbons (Fsp3) is 1.00. The smallest absolute Gasteiger partial charge is 0.0718 e. The Kier molecular flexibility index (Phi) is 4.85. The van der Waals surface area contributed by atoms with Crippen molar-refractivity contribution in [3.63, 3.8) is 0 Å². The Bertz CT molecular complexity index is 178. The second kappa shape index (κ2) is 4.86. The maximum absolute atomic E-state index is 10.8. The predicted octanol–water partition coefficient (Wildman–Crippen LogP) is 4.10. The van der Waals surface area contributed by atoms with Gasteiger partial charge in [-0.05, 0) is 29.6 Å². The monoisotopic (exact) mass is 214 g/mol. The molecule has 0 aromatic carbocycles. The zero-order valence-electron chi connectivity index (χ0n) is 11.9. The standard InChI is InChI=1S/C14H30O/c1-10(2)14(15,11(3)4)12(5)9-13(6,7)8/h10-12,15H,9H2,1-8H3. The average Bonchev–Trinajstić information content (AvgIpc) is 1.98. The third-order valence-corrected chi connectivity index (χ3v) is 3.56. The molecule has 1 heteroatoms. The van der Waals surface area contributed by atoms with Crippen LogP contribution in [0.4, 0.5) is 0 Å². The van der Waals surface area contributed by atoms with Gasteiger partial charge in [-0.2, -0.15) is 0 Å². The molecule has 0 radical (unpaired) electrons. The Hall–Kier alpha value is -0.0400. The van der Waals surface area contributed by atoms with Gasteiger partial charge >= 0.3 is 0 Å². The van der Waals surface area contributed by atoms with Gasteiger partial charge in [-0.25, -0.2) is 0 Å². The number of hydrogen-bond donors (Lipinski definition) is 1. The van der Waals surface area contributed by atoms with Crippen molar-refractivity contribution < 1.29 is 5.11 Å². The molecule has 0 saturated heterocycles. The van der Waals surface area contributed by atoms with Crippen molar-refractivity contribution in [1.82, 2.24) is 0 Å². The first-order chi connectivity index (χ1) is 6.51. The average molecular weight is 214 g/mol. The molecule has 0 rings (SSSR count). The second-order valence-corrected chi connectivity index (χ2v) is 6.86. The van der Waals surface area contributed by atoms with Crippen LogP contribution in [0, 0.1) is 23.2 Å². The van der Waals surface area contributed by atoms with Crippen LogP contribution in [0.5, 0.6) is 0 Å². The SMILES string of the molecule is CC(C)C(O)(C(C)C)C(C)CC(C)(C)C. The van der Waals surface area contributed by atoms with E-state index in [4.69, 9.17) is 0 Å². The van der Waals surface area contributed by atoms with E-state index in [-0.39, 0.29) is 5.41 Å². The van der Waals surface area contributed by atoms with Gasteiger partial charge in [-0.1, -0.05) is 55.4 Å². The molecule has 0 aromatic heterocycles. The summed E-state index contributed by atoms with van der Waals surface area (Å²) < 4.78 is 0. The lowest BCUT2D eigenvalue weighted by Gasteiger charge is -2.43. The van der Waals surface area contributed by atoms with E-state index in [1.54, 1.807) is 0 Å². The fourth-order valence-corrected chi connectivity index (χ4v) is 2.89. The Morgan fingerprint density at radius 1 is 0.867 bits per heavy atom. The maximum atomic E-state index is 10.8. The molecule has 0 aromatic rings. The van der Waals surface area contributed by atoms with Gasteiger partial charge in [0.15, 0.2) is 0 Å². The Morgan fingerprint density at radius 3 is 1.40 bits per heavy atom. The first kappa shape index (κ1) is 15.0. The lowest BCUT2D eigenvalue weighted by atomic mass is 9.67. The van der Waals surface area contributed by atoms with E-state index in [0.717, 1.165) is 6.42 Å². The van der Waals surface area contributed by atoms with Gasteiger partial charge in [0.1, 0.15) is 0 Å². The van der Waals surface area contributed by atoms with Crippen molar-refractivity contribution >= 4 is 0 Å². The van der Waals surface area contributed by atoms with Gasteiger partial charge in [-0.15, -0.1) is 0 Å². The van der Waals surface area contributed by atoms with Crippen LogP contribution < -0.4 is 0 Å². The van der Waals surface area contributed by atoms with E-state index >= 15 is 0 Å². The summed E-state index contributed by atoms with van der Waals surface area (Å²) in [7, 11) is 0. The molecule has 0 aliphatic heterocycles. The van der Waals surface area contributed by atoms with Crippen molar-refractivity contribution in [3.05, 3.63) is 0 Å². The summed E-state index contributed by atoms with van der Waals surface area (Å²) in [5.74, 6) is 0.974. The molecule has 1 unspecified atom stereocenters. The third kappa shape index (κ3) is 3.79. The topological polar surface area (TPSA) is 20.2 Å². The lowest BCUT2D eigenvalue weighted by molar-refractivity contribution is -0.0998. The normalized spacial score (nSPS) is 16.2. The highest BCUT2D eigenvalue weighted by Gasteiger charge is 2.41. The summed E-state index contributed by atoms with van der Waals surface area (Å²) in [6.45, 7) is 17.4. The number of rotatable bonds is 4. The minimum atomic E-state index is -0.534. The van der Waals surface area contributed by atoms with Gasteiger partial charge in [-0.3, -0.25) is 0 Å². The van der Waals surface area contributed by atoms with Crippen LogP contribution in [0.25, 0.3) is 0 Å². The molecular formula is C14H30O. The van der Waals surface area contributed by atoms with Gasteiger partial charge in [0.25, 0.3) is 0 Å². The van der Waals surface area contributed by atoms with Gasteiger partial charge < -0.3 is 5.11 Å². The van der Waals surface area contributed by atoms with Crippen molar-refractivity contribution in [3.8, 4) is 0 Å². The van der Waals surface area contributed by atoms with E-state index in [1.165, 1.54) is 0 Å². The zero-order chi connectivity index (χ0) is 12.4. The summed E-state index contributed by atoms with van der Waals surface area (Å²) in [5, 5.41) is 10.8. The minimum Gasteiger partial charge on any atom is -0.389 e. The molecule has 0 aliphatic carbocycles. The number of aliphatic hydroxyl groups is 1. The fourth-order valence-electron chi connectivity index (χ4n) is 2.89.